The lowest BCUT2D eigenvalue weighted by molar-refractivity contribution is -0.147. The molecule has 0 aromatic carbocycles. The third-order valence-corrected chi connectivity index (χ3v) is 3.41. The Balaban J connectivity index is 3.14. The van der Waals surface area contributed by atoms with E-state index in [0.717, 1.165) is 0 Å². The Morgan fingerprint density at radius 1 is 1.12 bits per heavy atom. The summed E-state index contributed by atoms with van der Waals surface area (Å²) < 4.78 is 15.2. The summed E-state index contributed by atoms with van der Waals surface area (Å²) in [7, 11) is 1.22. The van der Waals surface area contributed by atoms with E-state index in [1.165, 1.54) is 27.0 Å². The van der Waals surface area contributed by atoms with Gasteiger partial charge in [-0.15, -0.1) is 0 Å². The third kappa shape index (κ3) is 6.73. The molecule has 2 amide bonds. The van der Waals surface area contributed by atoms with Crippen LogP contribution in [0.4, 0.5) is 4.79 Å². The lowest BCUT2D eigenvalue weighted by Gasteiger charge is -2.36. The molecule has 2 N–H and O–H groups in total. The number of esters is 2. The summed E-state index contributed by atoms with van der Waals surface area (Å²) in [6.07, 6.45) is -0.167. The average molecular weight is 370 g/mol. The molecule has 1 aliphatic rings. The molecule has 9 nitrogen and oxygen atoms in total. The van der Waals surface area contributed by atoms with Crippen molar-refractivity contribution in [1.29, 1.82) is 0 Å². The number of rotatable bonds is 4. The largest absolute Gasteiger partial charge is 0.466 e. The number of hydrogen-bond donors (Lipinski definition) is 2. The van der Waals surface area contributed by atoms with Crippen LogP contribution in [0, 0.1) is 0 Å². The first kappa shape index (κ1) is 21.5. The molecule has 0 unspecified atom stereocenters. The van der Waals surface area contributed by atoms with Crippen LogP contribution >= 0.6 is 0 Å². The molecule has 0 fully saturated rings. The van der Waals surface area contributed by atoms with Gasteiger partial charge in [0.05, 0.1) is 19.2 Å². The van der Waals surface area contributed by atoms with Gasteiger partial charge in [0.15, 0.2) is 0 Å². The standard InChI is InChI=1S/C17H26N2O7/c1-9(20)18-14-12(19-16(23)26-17(3,4)5)7-11(15(22)24-6)8-13(14)25-10(2)21/h8,12-14H,7H2,1-6H3,(H,18,20)(H,19,23)/t12-,13+,14+/m0/s1. The number of carbonyl (C=O) groups excluding carboxylic acids is 4. The summed E-state index contributed by atoms with van der Waals surface area (Å²) in [4.78, 5) is 47.0. The van der Waals surface area contributed by atoms with Crippen molar-refractivity contribution in [1.82, 2.24) is 10.6 Å². The maximum atomic E-state index is 12.1. The van der Waals surface area contributed by atoms with E-state index in [1.54, 1.807) is 20.8 Å². The average Bonchev–Trinajstić information content (AvgIpc) is 2.46. The van der Waals surface area contributed by atoms with Crippen molar-refractivity contribution in [2.75, 3.05) is 7.11 Å². The van der Waals surface area contributed by atoms with E-state index >= 15 is 0 Å². The smallest absolute Gasteiger partial charge is 0.407 e. The van der Waals surface area contributed by atoms with E-state index in [0.29, 0.717) is 0 Å². The van der Waals surface area contributed by atoms with Gasteiger partial charge in [-0.05, 0) is 26.8 Å². The molecule has 1 rings (SSSR count). The Morgan fingerprint density at radius 2 is 1.73 bits per heavy atom. The van der Waals surface area contributed by atoms with Gasteiger partial charge in [-0.2, -0.15) is 0 Å². The number of carbonyl (C=O) groups is 4. The molecule has 9 heteroatoms. The molecule has 0 aromatic rings. The van der Waals surface area contributed by atoms with E-state index in [9.17, 15) is 19.2 Å². The van der Waals surface area contributed by atoms with Crippen LogP contribution in [0.1, 0.15) is 41.0 Å². The molecule has 0 saturated carbocycles. The summed E-state index contributed by atoms with van der Waals surface area (Å²) in [6, 6.07) is -1.51. The molecule has 26 heavy (non-hydrogen) atoms. The van der Waals surface area contributed by atoms with E-state index in [2.05, 4.69) is 10.6 Å². The monoisotopic (exact) mass is 370 g/mol. The second-order valence-corrected chi connectivity index (χ2v) is 6.94. The molecule has 146 valence electrons. The van der Waals surface area contributed by atoms with Crippen molar-refractivity contribution in [2.45, 2.75) is 64.8 Å². The fourth-order valence-corrected chi connectivity index (χ4v) is 2.56. The van der Waals surface area contributed by atoms with Gasteiger partial charge in [0, 0.05) is 25.8 Å². The van der Waals surface area contributed by atoms with Crippen LogP contribution in [0.5, 0.6) is 0 Å². The molecule has 0 aromatic heterocycles. The zero-order chi connectivity index (χ0) is 20.1. The minimum atomic E-state index is -0.945. The van der Waals surface area contributed by atoms with Gasteiger partial charge in [0.1, 0.15) is 11.7 Å². The highest BCUT2D eigenvalue weighted by Gasteiger charge is 2.39. The van der Waals surface area contributed by atoms with Crippen LogP contribution in [0.2, 0.25) is 0 Å². The summed E-state index contributed by atoms with van der Waals surface area (Å²) >= 11 is 0. The number of alkyl carbamates (subject to hydrolysis) is 1. The van der Waals surface area contributed by atoms with E-state index in [1.807, 2.05) is 0 Å². The van der Waals surface area contributed by atoms with Crippen molar-refractivity contribution in [3.05, 3.63) is 11.6 Å². The number of methoxy groups -OCH3 is 1. The predicted octanol–water partition coefficient (Wildman–Crippen LogP) is 0.819. The minimum Gasteiger partial charge on any atom is -0.466 e. The fraction of sp³-hybridized carbons (Fsp3) is 0.647. The lowest BCUT2D eigenvalue weighted by atomic mass is 9.87. The first-order valence-corrected chi connectivity index (χ1v) is 8.15. The normalized spacial score (nSPS) is 22.5. The Hall–Kier alpha value is -2.58. The van der Waals surface area contributed by atoms with Crippen molar-refractivity contribution in [2.24, 2.45) is 0 Å². The molecule has 1 aliphatic carbocycles. The lowest BCUT2D eigenvalue weighted by Crippen LogP contribution is -2.59. The second-order valence-electron chi connectivity index (χ2n) is 6.94. The van der Waals surface area contributed by atoms with Gasteiger partial charge >= 0.3 is 18.0 Å². The molecular weight excluding hydrogens is 344 g/mol. The molecule has 0 spiro atoms. The highest BCUT2D eigenvalue weighted by Crippen LogP contribution is 2.24. The predicted molar refractivity (Wildman–Crippen MR) is 91.0 cm³/mol. The zero-order valence-corrected chi connectivity index (χ0v) is 15.9. The van der Waals surface area contributed by atoms with Gasteiger partial charge < -0.3 is 24.8 Å². The highest BCUT2D eigenvalue weighted by atomic mass is 16.6. The molecule has 0 saturated heterocycles. The third-order valence-electron chi connectivity index (χ3n) is 3.41. The van der Waals surface area contributed by atoms with Gasteiger partial charge in [0.2, 0.25) is 5.91 Å². The maximum absolute atomic E-state index is 12.1. The van der Waals surface area contributed by atoms with Gasteiger partial charge in [0.25, 0.3) is 0 Å². The zero-order valence-electron chi connectivity index (χ0n) is 15.9. The van der Waals surface area contributed by atoms with Gasteiger partial charge in [-0.3, -0.25) is 9.59 Å². The maximum Gasteiger partial charge on any atom is 0.407 e. The van der Waals surface area contributed by atoms with Gasteiger partial charge in [-0.25, -0.2) is 9.59 Å². The van der Waals surface area contributed by atoms with Crippen molar-refractivity contribution in [3.8, 4) is 0 Å². The summed E-state index contributed by atoms with van der Waals surface area (Å²) in [5, 5.41) is 5.28. The number of nitrogens with one attached hydrogen (secondary N) is 2. The summed E-state index contributed by atoms with van der Waals surface area (Å²) in [5.74, 6) is -1.58. The summed E-state index contributed by atoms with van der Waals surface area (Å²) in [5.41, 5.74) is -0.500. The minimum absolute atomic E-state index is 0.0780. The van der Waals surface area contributed by atoms with Crippen molar-refractivity contribution >= 4 is 23.9 Å². The van der Waals surface area contributed by atoms with Gasteiger partial charge in [-0.1, -0.05) is 0 Å². The number of amides is 2. The quantitative estimate of drug-likeness (QED) is 0.555. The van der Waals surface area contributed by atoms with E-state index in [-0.39, 0.29) is 17.9 Å². The van der Waals surface area contributed by atoms with E-state index < -0.39 is 41.8 Å². The van der Waals surface area contributed by atoms with Crippen molar-refractivity contribution in [3.63, 3.8) is 0 Å². The molecule has 0 bridgehead atoms. The second kappa shape index (κ2) is 8.68. The Bertz CT molecular complexity index is 607. The number of hydrogen-bond acceptors (Lipinski definition) is 7. The highest BCUT2D eigenvalue weighted by molar-refractivity contribution is 5.89. The Labute approximate surface area is 152 Å². The molecule has 0 radical (unpaired) electrons. The summed E-state index contributed by atoms with van der Waals surface area (Å²) in [6.45, 7) is 7.64. The molecule has 3 atom stereocenters. The first-order chi connectivity index (χ1) is 11.9. The van der Waals surface area contributed by atoms with Crippen LogP contribution in [0.3, 0.4) is 0 Å². The number of ether oxygens (including phenoxy) is 3. The Kier molecular flexibility index (Phi) is 7.17. The van der Waals surface area contributed by atoms with Crippen LogP contribution in [0.25, 0.3) is 0 Å². The van der Waals surface area contributed by atoms with Crippen LogP contribution in [0.15, 0.2) is 11.6 Å². The topological polar surface area (TPSA) is 120 Å². The van der Waals surface area contributed by atoms with Crippen LogP contribution < -0.4 is 10.6 Å². The van der Waals surface area contributed by atoms with Crippen LogP contribution in [-0.4, -0.2) is 54.8 Å². The van der Waals surface area contributed by atoms with Crippen molar-refractivity contribution < 1.29 is 33.4 Å². The fourth-order valence-electron chi connectivity index (χ4n) is 2.56. The molecular formula is C17H26N2O7. The Morgan fingerprint density at radius 3 is 2.19 bits per heavy atom. The van der Waals surface area contributed by atoms with Crippen LogP contribution in [-0.2, 0) is 28.6 Å². The molecule has 0 heterocycles. The SMILES string of the molecule is COC(=O)C1=C[C@@H](OC(C)=O)[C@H](NC(C)=O)[C@@H](NC(=O)OC(C)(C)C)C1. The van der Waals surface area contributed by atoms with E-state index in [4.69, 9.17) is 14.2 Å². The first-order valence-electron chi connectivity index (χ1n) is 8.15. The molecule has 0 aliphatic heterocycles.